The smallest absolute Gasteiger partial charge is 0.303 e. The van der Waals surface area contributed by atoms with Gasteiger partial charge in [0, 0.05) is 31.5 Å². The summed E-state index contributed by atoms with van der Waals surface area (Å²) in [6.07, 6.45) is 1.62. The van der Waals surface area contributed by atoms with Crippen molar-refractivity contribution in [1.82, 2.24) is 4.90 Å². The Morgan fingerprint density at radius 3 is 2.60 bits per heavy atom. The molecule has 1 rings (SSSR count). The van der Waals surface area contributed by atoms with E-state index in [2.05, 4.69) is 0 Å². The first kappa shape index (κ1) is 16.5. The monoisotopic (exact) mass is 297 g/mol. The average molecular weight is 298 g/mol. The largest absolute Gasteiger partial charge is 0.481 e. The van der Waals surface area contributed by atoms with Crippen LogP contribution in [-0.4, -0.2) is 35.5 Å². The molecule has 0 aliphatic heterocycles. The maximum atomic E-state index is 11.9. The van der Waals surface area contributed by atoms with Gasteiger partial charge in [0.15, 0.2) is 0 Å². The van der Waals surface area contributed by atoms with E-state index in [9.17, 15) is 9.59 Å². The maximum Gasteiger partial charge on any atom is 0.303 e. The van der Waals surface area contributed by atoms with Gasteiger partial charge in [0.1, 0.15) is 0 Å². The summed E-state index contributed by atoms with van der Waals surface area (Å²) in [5.41, 5.74) is 2.06. The molecular weight excluding hydrogens is 278 g/mol. The lowest BCUT2D eigenvalue weighted by Crippen LogP contribution is -2.28. The summed E-state index contributed by atoms with van der Waals surface area (Å²) < 4.78 is 0. The van der Waals surface area contributed by atoms with Gasteiger partial charge >= 0.3 is 5.97 Å². The molecular formula is C15H20ClNO3. The lowest BCUT2D eigenvalue weighted by atomic mass is 10.1. The van der Waals surface area contributed by atoms with Gasteiger partial charge in [-0.2, -0.15) is 0 Å². The van der Waals surface area contributed by atoms with E-state index in [4.69, 9.17) is 16.7 Å². The van der Waals surface area contributed by atoms with Crippen molar-refractivity contribution in [2.45, 2.75) is 32.6 Å². The number of halogens is 1. The van der Waals surface area contributed by atoms with Gasteiger partial charge in [-0.1, -0.05) is 23.7 Å². The Balaban J connectivity index is 2.38. The molecule has 1 aromatic rings. The standard InChI is InChI=1S/C15H20ClNO3/c1-11-5-6-12(10-13(11)16)7-8-14(18)17(2)9-3-4-15(19)20/h5-6,10H,3-4,7-9H2,1-2H3,(H,19,20). The molecule has 0 saturated heterocycles. The van der Waals surface area contributed by atoms with E-state index < -0.39 is 5.97 Å². The number of benzene rings is 1. The van der Waals surface area contributed by atoms with Crippen LogP contribution in [0.2, 0.25) is 5.02 Å². The van der Waals surface area contributed by atoms with E-state index >= 15 is 0 Å². The predicted octanol–water partition coefficient (Wildman–Crippen LogP) is 2.90. The fourth-order valence-corrected chi connectivity index (χ4v) is 2.03. The van der Waals surface area contributed by atoms with E-state index in [0.717, 1.165) is 11.1 Å². The summed E-state index contributed by atoms with van der Waals surface area (Å²) in [7, 11) is 1.70. The number of nitrogens with zero attached hydrogens (tertiary/aromatic N) is 1. The topological polar surface area (TPSA) is 57.6 Å². The Bertz CT molecular complexity index is 488. The number of carbonyl (C=O) groups excluding carboxylic acids is 1. The van der Waals surface area contributed by atoms with Crippen LogP contribution in [0.3, 0.4) is 0 Å². The summed E-state index contributed by atoms with van der Waals surface area (Å²) in [6.45, 7) is 2.41. The summed E-state index contributed by atoms with van der Waals surface area (Å²) >= 11 is 6.04. The highest BCUT2D eigenvalue weighted by atomic mass is 35.5. The third-order valence-electron chi connectivity index (χ3n) is 3.17. The fraction of sp³-hybridized carbons (Fsp3) is 0.467. The van der Waals surface area contributed by atoms with Gasteiger partial charge in [-0.25, -0.2) is 0 Å². The molecule has 1 N–H and O–H groups in total. The van der Waals surface area contributed by atoms with Crippen LogP contribution in [0.4, 0.5) is 0 Å². The third-order valence-corrected chi connectivity index (χ3v) is 3.58. The highest BCUT2D eigenvalue weighted by Crippen LogP contribution is 2.17. The van der Waals surface area contributed by atoms with Crippen LogP contribution in [0, 0.1) is 6.92 Å². The zero-order valence-corrected chi connectivity index (χ0v) is 12.6. The lowest BCUT2D eigenvalue weighted by molar-refractivity contribution is -0.138. The number of amides is 1. The number of carbonyl (C=O) groups is 2. The van der Waals surface area contributed by atoms with Crippen LogP contribution in [0.1, 0.15) is 30.4 Å². The Morgan fingerprint density at radius 1 is 1.30 bits per heavy atom. The number of hydrogen-bond acceptors (Lipinski definition) is 2. The minimum atomic E-state index is -0.833. The molecule has 0 radical (unpaired) electrons. The summed E-state index contributed by atoms with van der Waals surface area (Å²) in [5, 5.41) is 9.26. The molecule has 0 aromatic heterocycles. The molecule has 0 heterocycles. The predicted molar refractivity (Wildman–Crippen MR) is 79.0 cm³/mol. The van der Waals surface area contributed by atoms with E-state index in [1.807, 2.05) is 25.1 Å². The molecule has 0 aliphatic carbocycles. The fourth-order valence-electron chi connectivity index (χ4n) is 1.83. The van der Waals surface area contributed by atoms with Crippen molar-refractivity contribution < 1.29 is 14.7 Å². The zero-order chi connectivity index (χ0) is 15.1. The van der Waals surface area contributed by atoms with Gasteiger partial charge in [-0.05, 0) is 37.0 Å². The van der Waals surface area contributed by atoms with Crippen LogP contribution in [-0.2, 0) is 16.0 Å². The molecule has 0 bridgehead atoms. The zero-order valence-electron chi connectivity index (χ0n) is 11.9. The van der Waals surface area contributed by atoms with Crippen molar-refractivity contribution in [2.24, 2.45) is 0 Å². The first-order valence-corrected chi connectivity index (χ1v) is 6.98. The molecule has 1 amide bonds. The third kappa shape index (κ3) is 5.61. The molecule has 0 saturated carbocycles. The molecule has 20 heavy (non-hydrogen) atoms. The minimum absolute atomic E-state index is 0.0205. The van der Waals surface area contributed by atoms with Gasteiger partial charge in [0.25, 0.3) is 0 Å². The van der Waals surface area contributed by atoms with Gasteiger partial charge in [-0.15, -0.1) is 0 Å². The van der Waals surface area contributed by atoms with Gasteiger partial charge in [0.05, 0.1) is 0 Å². The second-order valence-corrected chi connectivity index (χ2v) is 5.30. The van der Waals surface area contributed by atoms with Crippen molar-refractivity contribution in [2.75, 3.05) is 13.6 Å². The second-order valence-electron chi connectivity index (χ2n) is 4.90. The summed E-state index contributed by atoms with van der Waals surface area (Å²) in [4.78, 5) is 23.9. The average Bonchev–Trinajstić information content (AvgIpc) is 2.39. The first-order chi connectivity index (χ1) is 9.40. The normalized spacial score (nSPS) is 10.3. The summed E-state index contributed by atoms with van der Waals surface area (Å²) in [5.74, 6) is -0.813. The Morgan fingerprint density at radius 2 is 2.00 bits per heavy atom. The molecule has 0 aliphatic rings. The van der Waals surface area contributed by atoms with Gasteiger partial charge in [-0.3, -0.25) is 9.59 Å². The highest BCUT2D eigenvalue weighted by molar-refractivity contribution is 6.31. The number of aliphatic carboxylic acids is 1. The number of aryl methyl sites for hydroxylation is 2. The maximum absolute atomic E-state index is 11.9. The number of carboxylic acids is 1. The van der Waals surface area contributed by atoms with Gasteiger partial charge in [0.2, 0.25) is 5.91 Å². The molecule has 0 fully saturated rings. The minimum Gasteiger partial charge on any atom is -0.481 e. The SMILES string of the molecule is Cc1ccc(CCC(=O)N(C)CCCC(=O)O)cc1Cl. The van der Waals surface area contributed by atoms with Crippen LogP contribution >= 0.6 is 11.6 Å². The van der Waals surface area contributed by atoms with E-state index in [1.54, 1.807) is 11.9 Å². The van der Waals surface area contributed by atoms with Crippen LogP contribution in [0.25, 0.3) is 0 Å². The second kappa shape index (κ2) is 7.90. The van der Waals surface area contributed by atoms with Crippen molar-refractivity contribution in [1.29, 1.82) is 0 Å². The number of carboxylic acid groups (broad SMARTS) is 1. The van der Waals surface area contributed by atoms with Crippen molar-refractivity contribution >= 4 is 23.5 Å². The Labute approximate surface area is 124 Å². The first-order valence-electron chi connectivity index (χ1n) is 6.61. The molecule has 0 atom stereocenters. The molecule has 5 heteroatoms. The molecule has 1 aromatic carbocycles. The van der Waals surface area contributed by atoms with Crippen LogP contribution in [0.15, 0.2) is 18.2 Å². The highest BCUT2D eigenvalue weighted by Gasteiger charge is 2.09. The quantitative estimate of drug-likeness (QED) is 0.842. The lowest BCUT2D eigenvalue weighted by Gasteiger charge is -2.16. The Hall–Kier alpha value is -1.55. The number of hydrogen-bond donors (Lipinski definition) is 1. The van der Waals surface area contributed by atoms with Crippen molar-refractivity contribution in [3.05, 3.63) is 34.3 Å². The van der Waals surface area contributed by atoms with Crippen molar-refractivity contribution in [3.63, 3.8) is 0 Å². The molecule has 0 spiro atoms. The summed E-state index contributed by atoms with van der Waals surface area (Å²) in [6, 6.07) is 5.80. The van der Waals surface area contributed by atoms with E-state index in [0.29, 0.717) is 30.8 Å². The van der Waals surface area contributed by atoms with Gasteiger partial charge < -0.3 is 10.0 Å². The van der Waals surface area contributed by atoms with E-state index in [1.165, 1.54) is 0 Å². The van der Waals surface area contributed by atoms with Crippen LogP contribution in [0.5, 0.6) is 0 Å². The number of rotatable bonds is 7. The molecule has 0 unspecified atom stereocenters. The molecule has 110 valence electrons. The van der Waals surface area contributed by atoms with Crippen molar-refractivity contribution in [3.8, 4) is 0 Å². The molecule has 4 nitrogen and oxygen atoms in total. The Kier molecular flexibility index (Phi) is 6.52. The van der Waals surface area contributed by atoms with Crippen LogP contribution < -0.4 is 0 Å². The van der Waals surface area contributed by atoms with E-state index in [-0.39, 0.29) is 12.3 Å².